The molecule has 3 rings (SSSR count). The maximum absolute atomic E-state index is 11.8. The van der Waals surface area contributed by atoms with E-state index in [1.807, 2.05) is 0 Å². The van der Waals surface area contributed by atoms with Crippen molar-refractivity contribution in [2.75, 3.05) is 6.61 Å². The molecule has 5 unspecified atom stereocenters. The number of rotatable bonds is 5. The van der Waals surface area contributed by atoms with E-state index in [9.17, 15) is 19.8 Å². The Morgan fingerprint density at radius 1 is 1.42 bits per heavy atom. The highest BCUT2D eigenvalue weighted by molar-refractivity contribution is 5.75. The molecule has 3 heterocycles. The van der Waals surface area contributed by atoms with Gasteiger partial charge in [-0.25, -0.2) is 9.97 Å². The number of hydrogen-bond donors (Lipinski definition) is 4. The first kappa shape index (κ1) is 18.5. The molecule has 26 heavy (non-hydrogen) atoms. The van der Waals surface area contributed by atoms with Crippen LogP contribution >= 0.6 is 0 Å². The van der Waals surface area contributed by atoms with Crippen LogP contribution in [0.1, 0.15) is 20.1 Å². The first-order valence-corrected chi connectivity index (χ1v) is 8.15. The van der Waals surface area contributed by atoms with Gasteiger partial charge in [-0.05, 0) is 5.92 Å². The third-order valence-corrected chi connectivity index (χ3v) is 4.36. The zero-order chi connectivity index (χ0) is 19.0. The van der Waals surface area contributed by atoms with E-state index in [2.05, 4.69) is 15.0 Å². The smallest absolute Gasteiger partial charge is 0.323 e. The number of aliphatic hydroxyl groups is 2. The van der Waals surface area contributed by atoms with Gasteiger partial charge in [0.25, 0.3) is 5.56 Å². The Hall–Kier alpha value is -2.34. The minimum Gasteiger partial charge on any atom is -0.462 e. The second kappa shape index (κ2) is 7.11. The number of nitrogens with zero attached hydrogens (tertiary/aromatic N) is 3. The highest BCUT2D eigenvalue weighted by atomic mass is 16.6. The van der Waals surface area contributed by atoms with E-state index < -0.39 is 42.1 Å². The number of aromatic nitrogens is 4. The third kappa shape index (κ3) is 3.21. The van der Waals surface area contributed by atoms with E-state index in [1.165, 1.54) is 17.2 Å². The zero-order valence-electron chi connectivity index (χ0n) is 14.3. The van der Waals surface area contributed by atoms with Crippen LogP contribution in [0.25, 0.3) is 11.2 Å². The number of esters is 1. The van der Waals surface area contributed by atoms with Gasteiger partial charge in [-0.3, -0.25) is 14.2 Å². The molecule has 0 radical (unpaired) electrons. The molecule has 0 bridgehead atoms. The summed E-state index contributed by atoms with van der Waals surface area (Å²) in [6, 6.07) is -0.789. The lowest BCUT2D eigenvalue weighted by Gasteiger charge is -2.18. The number of carbonyl (C=O) groups is 1. The second-order valence-corrected chi connectivity index (χ2v) is 6.50. The van der Waals surface area contributed by atoms with E-state index in [-0.39, 0.29) is 23.7 Å². The molecule has 0 spiro atoms. The van der Waals surface area contributed by atoms with Crippen molar-refractivity contribution in [3.05, 3.63) is 23.0 Å². The number of aromatic amines is 1. The van der Waals surface area contributed by atoms with Crippen LogP contribution in [-0.4, -0.2) is 66.7 Å². The molecule has 11 nitrogen and oxygen atoms in total. The van der Waals surface area contributed by atoms with Crippen molar-refractivity contribution in [3.63, 3.8) is 0 Å². The van der Waals surface area contributed by atoms with E-state index in [0.29, 0.717) is 0 Å². The molecule has 1 aliphatic heterocycles. The molecule has 1 aliphatic rings. The Balaban J connectivity index is 1.74. The molecule has 11 heteroatoms. The monoisotopic (exact) mass is 367 g/mol. The van der Waals surface area contributed by atoms with Crippen LogP contribution < -0.4 is 11.3 Å². The van der Waals surface area contributed by atoms with Gasteiger partial charge in [0.1, 0.15) is 31.0 Å². The number of ether oxygens (including phenoxy) is 2. The number of imidazole rings is 1. The predicted molar refractivity (Wildman–Crippen MR) is 87.8 cm³/mol. The number of nitrogens with one attached hydrogen (secondary N) is 1. The molecular formula is C15H21N5O6. The van der Waals surface area contributed by atoms with Gasteiger partial charge in [0.2, 0.25) is 0 Å². The molecule has 5 N–H and O–H groups in total. The molecule has 2 aromatic rings. The fourth-order valence-electron chi connectivity index (χ4n) is 2.68. The van der Waals surface area contributed by atoms with Crippen molar-refractivity contribution >= 4 is 17.1 Å². The molecule has 5 atom stereocenters. The quantitative estimate of drug-likeness (QED) is 0.449. The SMILES string of the molecule is CC(C)C(N)C(=O)OCC1OC(n2cnc3c(=O)[nH]cnc32)C(O)C1O. The standard InChI is InChI=1S/C15H21N5O6/c1-6(2)8(16)15(24)25-3-7-10(21)11(22)14(26-7)20-5-19-9-12(20)17-4-18-13(9)23/h4-8,10-11,14,21-22H,3,16H2,1-2H3,(H,17,18,23). The molecule has 1 saturated heterocycles. The van der Waals surface area contributed by atoms with Crippen LogP contribution in [0.15, 0.2) is 17.4 Å². The fraction of sp³-hybridized carbons (Fsp3) is 0.600. The number of nitrogens with two attached hydrogens (primary N) is 1. The molecular weight excluding hydrogens is 346 g/mol. The van der Waals surface area contributed by atoms with Crippen molar-refractivity contribution in [1.29, 1.82) is 0 Å². The Morgan fingerprint density at radius 3 is 2.85 bits per heavy atom. The summed E-state index contributed by atoms with van der Waals surface area (Å²) >= 11 is 0. The summed E-state index contributed by atoms with van der Waals surface area (Å²) in [6.07, 6.45) is -2.13. The minimum atomic E-state index is -1.32. The van der Waals surface area contributed by atoms with E-state index in [0.717, 1.165) is 0 Å². The summed E-state index contributed by atoms with van der Waals surface area (Å²) in [5.74, 6) is -0.716. The number of aliphatic hydroxyl groups excluding tert-OH is 2. The van der Waals surface area contributed by atoms with Gasteiger partial charge in [-0.2, -0.15) is 0 Å². The van der Waals surface area contributed by atoms with Crippen LogP contribution in [0.2, 0.25) is 0 Å². The largest absolute Gasteiger partial charge is 0.462 e. The van der Waals surface area contributed by atoms with E-state index in [1.54, 1.807) is 13.8 Å². The van der Waals surface area contributed by atoms with E-state index >= 15 is 0 Å². The Bertz CT molecular complexity index is 848. The van der Waals surface area contributed by atoms with Crippen LogP contribution in [0.5, 0.6) is 0 Å². The van der Waals surface area contributed by atoms with E-state index in [4.69, 9.17) is 15.2 Å². The van der Waals surface area contributed by atoms with Crippen molar-refractivity contribution in [2.45, 2.75) is 44.4 Å². The molecule has 0 aromatic carbocycles. The zero-order valence-corrected chi connectivity index (χ0v) is 14.3. The lowest BCUT2D eigenvalue weighted by atomic mass is 10.1. The average Bonchev–Trinajstić information content (AvgIpc) is 3.15. The van der Waals surface area contributed by atoms with Gasteiger partial charge in [-0.1, -0.05) is 13.8 Å². The summed E-state index contributed by atoms with van der Waals surface area (Å²) in [5.41, 5.74) is 5.55. The van der Waals surface area contributed by atoms with Gasteiger partial charge in [0.15, 0.2) is 17.4 Å². The average molecular weight is 367 g/mol. The van der Waals surface area contributed by atoms with Crippen molar-refractivity contribution in [1.82, 2.24) is 19.5 Å². The van der Waals surface area contributed by atoms with Crippen LogP contribution in [0.3, 0.4) is 0 Å². The number of fused-ring (bicyclic) bond motifs is 1. The fourth-order valence-corrected chi connectivity index (χ4v) is 2.68. The molecule has 0 amide bonds. The number of H-pyrrole nitrogens is 1. The maximum Gasteiger partial charge on any atom is 0.323 e. The van der Waals surface area contributed by atoms with Gasteiger partial charge in [0, 0.05) is 0 Å². The lowest BCUT2D eigenvalue weighted by molar-refractivity contribution is -0.152. The van der Waals surface area contributed by atoms with Gasteiger partial charge in [0.05, 0.1) is 12.7 Å². The molecule has 0 saturated carbocycles. The Morgan fingerprint density at radius 2 is 2.15 bits per heavy atom. The summed E-state index contributed by atoms with van der Waals surface area (Å²) < 4.78 is 12.1. The second-order valence-electron chi connectivity index (χ2n) is 6.50. The third-order valence-electron chi connectivity index (χ3n) is 4.36. The lowest BCUT2D eigenvalue weighted by Crippen LogP contribution is -2.40. The minimum absolute atomic E-state index is 0.0792. The van der Waals surface area contributed by atoms with Gasteiger partial charge in [-0.15, -0.1) is 0 Å². The maximum atomic E-state index is 11.8. The molecule has 0 aliphatic carbocycles. The Labute approximate surface area is 147 Å². The van der Waals surface area contributed by atoms with Crippen molar-refractivity contribution < 1.29 is 24.5 Å². The molecule has 142 valence electrons. The molecule has 2 aromatic heterocycles. The van der Waals surface area contributed by atoms with Gasteiger partial charge >= 0.3 is 5.97 Å². The van der Waals surface area contributed by atoms with Crippen molar-refractivity contribution in [3.8, 4) is 0 Å². The Kier molecular flexibility index (Phi) is 5.05. The van der Waals surface area contributed by atoms with Crippen LogP contribution in [0.4, 0.5) is 0 Å². The number of carbonyl (C=O) groups excluding carboxylic acids is 1. The highest BCUT2D eigenvalue weighted by Crippen LogP contribution is 2.31. The van der Waals surface area contributed by atoms with Crippen LogP contribution in [0, 0.1) is 5.92 Å². The summed E-state index contributed by atoms with van der Waals surface area (Å²) in [7, 11) is 0. The number of hydrogen-bond acceptors (Lipinski definition) is 9. The highest BCUT2D eigenvalue weighted by Gasteiger charge is 2.45. The predicted octanol–water partition coefficient (Wildman–Crippen LogP) is -1.73. The summed E-state index contributed by atoms with van der Waals surface area (Å²) in [5, 5.41) is 20.5. The van der Waals surface area contributed by atoms with Gasteiger partial charge < -0.3 is 30.4 Å². The summed E-state index contributed by atoms with van der Waals surface area (Å²) in [4.78, 5) is 33.9. The first-order chi connectivity index (χ1) is 12.3. The summed E-state index contributed by atoms with van der Waals surface area (Å²) in [6.45, 7) is 3.30. The van der Waals surface area contributed by atoms with Crippen molar-refractivity contribution in [2.24, 2.45) is 11.7 Å². The molecule has 1 fully saturated rings. The topological polar surface area (TPSA) is 166 Å². The normalized spacial score (nSPS) is 27.2. The van der Waals surface area contributed by atoms with Crippen LogP contribution in [-0.2, 0) is 14.3 Å². The first-order valence-electron chi connectivity index (χ1n) is 8.15.